The van der Waals surface area contributed by atoms with Gasteiger partial charge < -0.3 is 4.90 Å². The van der Waals surface area contributed by atoms with Crippen LogP contribution in [0, 0.1) is 0 Å². The lowest BCUT2D eigenvalue weighted by molar-refractivity contribution is 0.0827. The van der Waals surface area contributed by atoms with Crippen LogP contribution in [-0.2, 0) is 6.54 Å². The average molecular weight is 230 g/mol. The van der Waals surface area contributed by atoms with Crippen molar-refractivity contribution in [3.05, 3.63) is 48.0 Å². The summed E-state index contributed by atoms with van der Waals surface area (Å²) in [5, 5.41) is 4.03. The summed E-state index contributed by atoms with van der Waals surface area (Å²) in [6.07, 6.45) is 3.17. The van der Waals surface area contributed by atoms with Crippen molar-refractivity contribution in [1.29, 1.82) is 0 Å². The number of amides is 1. The van der Waals surface area contributed by atoms with Crippen molar-refractivity contribution in [1.82, 2.24) is 19.7 Å². The van der Waals surface area contributed by atoms with E-state index in [1.165, 1.54) is 6.33 Å². The Hall–Kier alpha value is -2.17. The van der Waals surface area contributed by atoms with E-state index in [0.29, 0.717) is 12.1 Å². The third-order valence-electron chi connectivity index (χ3n) is 2.42. The molecular formula is C12H14N4O. The second-order valence-corrected chi connectivity index (χ2v) is 3.99. The molecule has 0 saturated heterocycles. The zero-order valence-corrected chi connectivity index (χ0v) is 9.87. The highest BCUT2D eigenvalue weighted by Gasteiger charge is 2.07. The molecule has 0 aliphatic rings. The molecule has 88 valence electrons. The summed E-state index contributed by atoms with van der Waals surface area (Å²) in [6, 6.07) is 7.51. The van der Waals surface area contributed by atoms with Crippen LogP contribution in [0.3, 0.4) is 0 Å². The van der Waals surface area contributed by atoms with Crippen molar-refractivity contribution in [3.8, 4) is 0 Å². The van der Waals surface area contributed by atoms with Gasteiger partial charge in [0.25, 0.3) is 5.91 Å². The zero-order chi connectivity index (χ0) is 12.3. The van der Waals surface area contributed by atoms with Crippen molar-refractivity contribution in [2.75, 3.05) is 14.1 Å². The smallest absolute Gasteiger partial charge is 0.253 e. The molecule has 1 aromatic heterocycles. The molecule has 2 aromatic rings. The normalized spacial score (nSPS) is 10.2. The zero-order valence-electron chi connectivity index (χ0n) is 9.87. The minimum absolute atomic E-state index is 0.0114. The summed E-state index contributed by atoms with van der Waals surface area (Å²) in [7, 11) is 3.48. The summed E-state index contributed by atoms with van der Waals surface area (Å²) >= 11 is 0. The largest absolute Gasteiger partial charge is 0.345 e. The first-order valence-corrected chi connectivity index (χ1v) is 5.30. The van der Waals surface area contributed by atoms with E-state index in [4.69, 9.17) is 0 Å². The van der Waals surface area contributed by atoms with E-state index in [0.717, 1.165) is 5.56 Å². The lowest BCUT2D eigenvalue weighted by Gasteiger charge is -2.10. The molecule has 0 N–H and O–H groups in total. The van der Waals surface area contributed by atoms with Crippen LogP contribution < -0.4 is 0 Å². The third-order valence-corrected chi connectivity index (χ3v) is 2.42. The summed E-state index contributed by atoms with van der Waals surface area (Å²) in [6.45, 7) is 0.663. The molecule has 0 radical (unpaired) electrons. The van der Waals surface area contributed by atoms with E-state index in [1.807, 2.05) is 24.3 Å². The first-order valence-electron chi connectivity index (χ1n) is 5.30. The Morgan fingerprint density at radius 3 is 2.53 bits per heavy atom. The van der Waals surface area contributed by atoms with E-state index in [9.17, 15) is 4.79 Å². The molecule has 0 aliphatic heterocycles. The Bertz CT molecular complexity index is 488. The number of carbonyl (C=O) groups is 1. The maximum atomic E-state index is 11.7. The maximum Gasteiger partial charge on any atom is 0.253 e. The van der Waals surface area contributed by atoms with Gasteiger partial charge in [0.2, 0.25) is 0 Å². The molecule has 0 bridgehead atoms. The SMILES string of the molecule is CN(C)C(=O)c1ccc(Cn2cncn2)cc1. The molecule has 2 rings (SSSR count). The second kappa shape index (κ2) is 4.78. The number of hydrogen-bond acceptors (Lipinski definition) is 3. The van der Waals surface area contributed by atoms with E-state index < -0.39 is 0 Å². The highest BCUT2D eigenvalue weighted by Crippen LogP contribution is 2.07. The fourth-order valence-electron chi connectivity index (χ4n) is 1.51. The highest BCUT2D eigenvalue weighted by atomic mass is 16.2. The van der Waals surface area contributed by atoms with Gasteiger partial charge in [0.05, 0.1) is 6.54 Å². The second-order valence-electron chi connectivity index (χ2n) is 3.99. The van der Waals surface area contributed by atoms with E-state index in [-0.39, 0.29) is 5.91 Å². The molecule has 0 fully saturated rings. The Morgan fingerprint density at radius 1 is 1.29 bits per heavy atom. The van der Waals surface area contributed by atoms with Gasteiger partial charge in [0.15, 0.2) is 0 Å². The van der Waals surface area contributed by atoms with Crippen LogP contribution >= 0.6 is 0 Å². The van der Waals surface area contributed by atoms with Crippen molar-refractivity contribution < 1.29 is 4.79 Å². The van der Waals surface area contributed by atoms with Gasteiger partial charge in [-0.15, -0.1) is 0 Å². The van der Waals surface area contributed by atoms with Crippen LogP contribution in [0.25, 0.3) is 0 Å². The number of nitrogens with zero attached hydrogens (tertiary/aromatic N) is 4. The Morgan fingerprint density at radius 2 is 2.00 bits per heavy atom. The van der Waals surface area contributed by atoms with Crippen molar-refractivity contribution >= 4 is 5.91 Å². The van der Waals surface area contributed by atoms with E-state index in [1.54, 1.807) is 30.0 Å². The number of hydrogen-bond donors (Lipinski definition) is 0. The van der Waals surface area contributed by atoms with Gasteiger partial charge in [0, 0.05) is 19.7 Å². The maximum absolute atomic E-state index is 11.7. The van der Waals surface area contributed by atoms with Gasteiger partial charge in [-0.25, -0.2) is 9.67 Å². The van der Waals surface area contributed by atoms with Crippen LogP contribution in [0.2, 0.25) is 0 Å². The predicted octanol–water partition coefficient (Wildman–Crippen LogP) is 1.03. The van der Waals surface area contributed by atoms with Gasteiger partial charge in [0.1, 0.15) is 12.7 Å². The number of carbonyl (C=O) groups excluding carboxylic acids is 1. The topological polar surface area (TPSA) is 51.0 Å². The van der Waals surface area contributed by atoms with Gasteiger partial charge >= 0.3 is 0 Å². The molecule has 0 unspecified atom stereocenters. The Labute approximate surface area is 99.7 Å². The molecule has 1 amide bonds. The molecule has 5 heteroatoms. The fourth-order valence-corrected chi connectivity index (χ4v) is 1.51. The van der Waals surface area contributed by atoms with Crippen molar-refractivity contribution in [2.45, 2.75) is 6.54 Å². The number of aromatic nitrogens is 3. The van der Waals surface area contributed by atoms with Gasteiger partial charge in [-0.2, -0.15) is 5.10 Å². The quantitative estimate of drug-likeness (QED) is 0.791. The van der Waals surface area contributed by atoms with Crippen LogP contribution in [-0.4, -0.2) is 39.7 Å². The average Bonchev–Trinajstić information content (AvgIpc) is 2.82. The summed E-state index contributed by atoms with van der Waals surface area (Å²) in [5.41, 5.74) is 1.78. The Kier molecular flexibility index (Phi) is 3.18. The van der Waals surface area contributed by atoms with Gasteiger partial charge in [-0.3, -0.25) is 4.79 Å². The molecule has 5 nitrogen and oxygen atoms in total. The molecule has 0 saturated carbocycles. The summed E-state index contributed by atoms with van der Waals surface area (Å²) < 4.78 is 1.74. The highest BCUT2D eigenvalue weighted by molar-refractivity contribution is 5.93. The first kappa shape index (κ1) is 11.3. The summed E-state index contributed by atoms with van der Waals surface area (Å²) in [5.74, 6) is 0.0114. The van der Waals surface area contributed by atoms with E-state index >= 15 is 0 Å². The lowest BCUT2D eigenvalue weighted by atomic mass is 10.1. The molecule has 1 heterocycles. The molecule has 17 heavy (non-hydrogen) atoms. The predicted molar refractivity (Wildman–Crippen MR) is 63.6 cm³/mol. The molecule has 0 aliphatic carbocycles. The molecule has 1 aromatic carbocycles. The monoisotopic (exact) mass is 230 g/mol. The summed E-state index contributed by atoms with van der Waals surface area (Å²) in [4.78, 5) is 17.1. The Balaban J connectivity index is 2.10. The van der Waals surface area contributed by atoms with Crippen LogP contribution in [0.5, 0.6) is 0 Å². The first-order chi connectivity index (χ1) is 8.16. The number of rotatable bonds is 3. The lowest BCUT2D eigenvalue weighted by Crippen LogP contribution is -2.21. The standard InChI is InChI=1S/C12H14N4O/c1-15(2)12(17)11-5-3-10(4-6-11)7-16-9-13-8-14-16/h3-6,8-9H,7H2,1-2H3. The van der Waals surface area contributed by atoms with Gasteiger partial charge in [-0.1, -0.05) is 12.1 Å². The van der Waals surface area contributed by atoms with Crippen LogP contribution in [0.4, 0.5) is 0 Å². The molecule has 0 spiro atoms. The van der Waals surface area contributed by atoms with E-state index in [2.05, 4.69) is 10.1 Å². The van der Waals surface area contributed by atoms with Crippen LogP contribution in [0.1, 0.15) is 15.9 Å². The van der Waals surface area contributed by atoms with Crippen molar-refractivity contribution in [2.24, 2.45) is 0 Å². The third kappa shape index (κ3) is 2.69. The molecular weight excluding hydrogens is 216 g/mol. The van der Waals surface area contributed by atoms with Gasteiger partial charge in [-0.05, 0) is 17.7 Å². The number of benzene rings is 1. The molecule has 0 atom stereocenters. The minimum atomic E-state index is 0.0114. The van der Waals surface area contributed by atoms with Crippen LogP contribution in [0.15, 0.2) is 36.9 Å². The van der Waals surface area contributed by atoms with Crippen molar-refractivity contribution in [3.63, 3.8) is 0 Å². The fraction of sp³-hybridized carbons (Fsp3) is 0.250. The minimum Gasteiger partial charge on any atom is -0.345 e.